The molecule has 0 bridgehead atoms. The maximum Gasteiger partial charge on any atom is 0.135 e. The lowest BCUT2D eigenvalue weighted by atomic mass is 9.94. The zero-order valence-electron chi connectivity index (χ0n) is 11.7. The van der Waals surface area contributed by atoms with E-state index in [1.807, 2.05) is 7.05 Å². The van der Waals surface area contributed by atoms with E-state index < -0.39 is 0 Å². The van der Waals surface area contributed by atoms with Crippen LogP contribution in [0.25, 0.3) is 0 Å². The summed E-state index contributed by atoms with van der Waals surface area (Å²) in [4.78, 5) is 8.55. The van der Waals surface area contributed by atoms with Crippen LogP contribution in [0.2, 0.25) is 0 Å². The molecule has 0 radical (unpaired) electrons. The second-order valence-corrected chi connectivity index (χ2v) is 4.67. The Bertz CT molecular complexity index is 383. The third kappa shape index (κ3) is 3.32. The van der Waals surface area contributed by atoms with E-state index in [2.05, 4.69) is 41.4 Å². The van der Waals surface area contributed by atoms with Crippen LogP contribution < -0.4 is 10.6 Å². The Labute approximate surface area is 109 Å². The van der Waals surface area contributed by atoms with E-state index in [0.717, 1.165) is 30.0 Å². The molecular formula is C13H24N4O. The van der Waals surface area contributed by atoms with Crippen LogP contribution >= 0.6 is 0 Å². The van der Waals surface area contributed by atoms with E-state index in [4.69, 9.17) is 5.11 Å². The van der Waals surface area contributed by atoms with Gasteiger partial charge in [0.15, 0.2) is 0 Å². The van der Waals surface area contributed by atoms with Gasteiger partial charge in [0.1, 0.15) is 18.0 Å². The highest BCUT2D eigenvalue weighted by Crippen LogP contribution is 2.26. The molecule has 1 aromatic rings. The van der Waals surface area contributed by atoms with Crippen molar-refractivity contribution in [2.75, 3.05) is 24.3 Å². The number of nitrogens with one attached hydrogen (secondary N) is 2. The first-order valence-electron chi connectivity index (χ1n) is 6.50. The van der Waals surface area contributed by atoms with Gasteiger partial charge in [0.05, 0.1) is 0 Å². The third-order valence-corrected chi connectivity index (χ3v) is 3.40. The summed E-state index contributed by atoms with van der Waals surface area (Å²) in [6, 6.07) is 0. The van der Waals surface area contributed by atoms with E-state index in [1.165, 1.54) is 0 Å². The third-order valence-electron chi connectivity index (χ3n) is 3.40. The van der Waals surface area contributed by atoms with Gasteiger partial charge in [0.25, 0.3) is 0 Å². The van der Waals surface area contributed by atoms with E-state index in [-0.39, 0.29) is 12.1 Å². The topological polar surface area (TPSA) is 70.1 Å². The molecule has 1 heterocycles. The zero-order valence-corrected chi connectivity index (χ0v) is 11.7. The predicted molar refractivity (Wildman–Crippen MR) is 75.0 cm³/mol. The molecule has 1 atom stereocenters. The molecule has 5 nitrogen and oxygen atoms in total. The SMILES string of the molecule is CCc1c(NC)ncnc1NC(C)(CC)CCO. The monoisotopic (exact) mass is 252 g/mol. The van der Waals surface area contributed by atoms with Crippen LogP contribution in [0.3, 0.4) is 0 Å². The molecule has 0 amide bonds. The molecule has 1 aromatic heterocycles. The Morgan fingerprint density at radius 1 is 1.28 bits per heavy atom. The maximum absolute atomic E-state index is 9.15. The molecule has 1 unspecified atom stereocenters. The van der Waals surface area contributed by atoms with E-state index in [9.17, 15) is 0 Å². The summed E-state index contributed by atoms with van der Waals surface area (Å²) in [5.74, 6) is 1.71. The smallest absolute Gasteiger partial charge is 0.135 e. The van der Waals surface area contributed by atoms with Crippen LogP contribution in [-0.4, -0.2) is 34.3 Å². The molecule has 0 aliphatic heterocycles. The van der Waals surface area contributed by atoms with E-state index in [0.29, 0.717) is 6.42 Å². The Kier molecular flexibility index (Phi) is 5.34. The van der Waals surface area contributed by atoms with Crippen molar-refractivity contribution in [1.29, 1.82) is 0 Å². The molecule has 0 fully saturated rings. The number of rotatable bonds is 7. The van der Waals surface area contributed by atoms with Crippen molar-refractivity contribution in [3.63, 3.8) is 0 Å². The van der Waals surface area contributed by atoms with Crippen molar-refractivity contribution in [2.45, 2.75) is 45.6 Å². The second-order valence-electron chi connectivity index (χ2n) is 4.67. The molecule has 5 heteroatoms. The number of anilines is 2. The number of nitrogens with zero attached hydrogens (tertiary/aromatic N) is 2. The molecule has 0 aliphatic carbocycles. The lowest BCUT2D eigenvalue weighted by Crippen LogP contribution is -2.36. The fourth-order valence-electron chi connectivity index (χ4n) is 1.93. The molecule has 18 heavy (non-hydrogen) atoms. The first-order chi connectivity index (χ1) is 8.60. The predicted octanol–water partition coefficient (Wildman–Crippen LogP) is 2.04. The average molecular weight is 252 g/mol. The first kappa shape index (κ1) is 14.7. The van der Waals surface area contributed by atoms with Gasteiger partial charge >= 0.3 is 0 Å². The summed E-state index contributed by atoms with van der Waals surface area (Å²) in [5.41, 5.74) is 0.940. The van der Waals surface area contributed by atoms with Gasteiger partial charge in [-0.05, 0) is 26.2 Å². The molecule has 0 aromatic carbocycles. The summed E-state index contributed by atoms with van der Waals surface area (Å²) in [5, 5.41) is 15.7. The van der Waals surface area contributed by atoms with Crippen molar-refractivity contribution < 1.29 is 5.11 Å². The van der Waals surface area contributed by atoms with Crippen molar-refractivity contribution in [1.82, 2.24) is 9.97 Å². The molecule has 0 aliphatic rings. The lowest BCUT2D eigenvalue weighted by molar-refractivity contribution is 0.251. The number of hydrogen-bond donors (Lipinski definition) is 3. The van der Waals surface area contributed by atoms with Crippen molar-refractivity contribution >= 4 is 11.6 Å². The largest absolute Gasteiger partial charge is 0.396 e. The number of hydrogen-bond acceptors (Lipinski definition) is 5. The Hall–Kier alpha value is -1.36. The number of aliphatic hydroxyl groups excluding tert-OH is 1. The van der Waals surface area contributed by atoms with E-state index >= 15 is 0 Å². The van der Waals surface area contributed by atoms with Gasteiger partial charge in [-0.25, -0.2) is 9.97 Å². The average Bonchev–Trinajstić information content (AvgIpc) is 2.38. The maximum atomic E-state index is 9.15. The van der Waals surface area contributed by atoms with Crippen LogP contribution in [0, 0.1) is 0 Å². The number of aromatic nitrogens is 2. The van der Waals surface area contributed by atoms with Crippen LogP contribution in [0.5, 0.6) is 0 Å². The van der Waals surface area contributed by atoms with Gasteiger partial charge in [0, 0.05) is 24.8 Å². The van der Waals surface area contributed by atoms with E-state index in [1.54, 1.807) is 6.33 Å². The highest BCUT2D eigenvalue weighted by Gasteiger charge is 2.23. The zero-order chi connectivity index (χ0) is 13.6. The number of aliphatic hydroxyl groups is 1. The van der Waals surface area contributed by atoms with Crippen LogP contribution in [0.4, 0.5) is 11.6 Å². The van der Waals surface area contributed by atoms with Crippen LogP contribution in [-0.2, 0) is 6.42 Å². The highest BCUT2D eigenvalue weighted by molar-refractivity contribution is 5.58. The fourth-order valence-corrected chi connectivity index (χ4v) is 1.93. The summed E-state index contributed by atoms with van der Waals surface area (Å²) >= 11 is 0. The van der Waals surface area contributed by atoms with Crippen LogP contribution in [0.1, 0.15) is 39.2 Å². The minimum Gasteiger partial charge on any atom is -0.396 e. The Morgan fingerprint density at radius 3 is 2.44 bits per heavy atom. The summed E-state index contributed by atoms with van der Waals surface area (Å²) in [6.07, 6.45) is 4.04. The summed E-state index contributed by atoms with van der Waals surface area (Å²) in [7, 11) is 1.86. The second kappa shape index (κ2) is 6.54. The highest BCUT2D eigenvalue weighted by atomic mass is 16.3. The van der Waals surface area contributed by atoms with Gasteiger partial charge in [-0.15, -0.1) is 0 Å². The molecule has 0 spiro atoms. The van der Waals surface area contributed by atoms with Crippen molar-refractivity contribution in [3.8, 4) is 0 Å². The van der Waals surface area contributed by atoms with Gasteiger partial charge in [-0.3, -0.25) is 0 Å². The molecule has 1 rings (SSSR count). The van der Waals surface area contributed by atoms with Crippen molar-refractivity contribution in [3.05, 3.63) is 11.9 Å². The Morgan fingerprint density at radius 2 is 1.94 bits per heavy atom. The molecule has 0 saturated heterocycles. The van der Waals surface area contributed by atoms with Crippen LogP contribution in [0.15, 0.2) is 6.33 Å². The van der Waals surface area contributed by atoms with Gasteiger partial charge < -0.3 is 15.7 Å². The van der Waals surface area contributed by atoms with Gasteiger partial charge in [0.2, 0.25) is 0 Å². The molecule has 0 saturated carbocycles. The van der Waals surface area contributed by atoms with Gasteiger partial charge in [-0.1, -0.05) is 13.8 Å². The molecule has 102 valence electrons. The van der Waals surface area contributed by atoms with Crippen molar-refractivity contribution in [2.24, 2.45) is 0 Å². The minimum atomic E-state index is -0.141. The Balaban J connectivity index is 3.02. The summed E-state index contributed by atoms with van der Waals surface area (Å²) in [6.45, 7) is 6.46. The first-order valence-corrected chi connectivity index (χ1v) is 6.50. The molecule has 3 N–H and O–H groups in total. The molecular weight excluding hydrogens is 228 g/mol. The minimum absolute atomic E-state index is 0.141. The fraction of sp³-hybridized carbons (Fsp3) is 0.692. The lowest BCUT2D eigenvalue weighted by Gasteiger charge is -2.30. The quantitative estimate of drug-likeness (QED) is 0.693. The summed E-state index contributed by atoms with van der Waals surface area (Å²) < 4.78 is 0. The standard InChI is InChI=1S/C13H24N4O/c1-5-10-11(14-4)15-9-16-12(10)17-13(3,6-2)7-8-18/h9,18H,5-8H2,1-4H3,(H2,14,15,16,17). The normalized spacial score (nSPS) is 14.1. The van der Waals surface area contributed by atoms with Gasteiger partial charge in [-0.2, -0.15) is 0 Å².